The van der Waals surface area contributed by atoms with E-state index in [1.54, 1.807) is 0 Å². The van der Waals surface area contributed by atoms with Crippen LogP contribution in [0.1, 0.15) is 0 Å². The van der Waals surface area contributed by atoms with Crippen molar-refractivity contribution in [2.45, 2.75) is 0 Å². The first kappa shape index (κ1) is 6.92. The van der Waals surface area contributed by atoms with Crippen LogP contribution in [0.4, 0.5) is 0 Å². The van der Waals surface area contributed by atoms with Crippen LogP contribution in [0.2, 0.25) is 0 Å². The third kappa shape index (κ3) is 5.92. The third-order valence-electron chi connectivity index (χ3n) is 0.771. The van der Waals surface area contributed by atoms with Crippen LogP contribution in [0.3, 0.4) is 0 Å². The normalized spacial score (nSPS) is 12.0. The summed E-state index contributed by atoms with van der Waals surface area (Å²) < 4.78 is 0.844. The summed E-state index contributed by atoms with van der Waals surface area (Å²) in [5.41, 5.74) is 0. The largest absolute Gasteiger partial charge is 0.391 e. The molecule has 0 aromatic rings. The molecule has 0 aromatic heterocycles. The van der Waals surface area contributed by atoms with E-state index in [-0.39, 0.29) is 6.61 Å². The Hall–Kier alpha value is -0.0800. The molecule has 0 aliphatic rings. The summed E-state index contributed by atoms with van der Waals surface area (Å²) >= 11 is 0. The van der Waals surface area contributed by atoms with Gasteiger partial charge in [0.1, 0.15) is 6.54 Å². The highest BCUT2D eigenvalue weighted by Gasteiger charge is 2.02. The van der Waals surface area contributed by atoms with Gasteiger partial charge in [0.2, 0.25) is 0 Å². The quantitative estimate of drug-likeness (QED) is 0.377. The van der Waals surface area contributed by atoms with Crippen LogP contribution in [-0.2, 0) is 0 Å². The first-order chi connectivity index (χ1) is 3.06. The third-order valence-corrected chi connectivity index (χ3v) is 0.771. The second-order valence-electron chi connectivity index (χ2n) is 2.74. The summed E-state index contributed by atoms with van der Waals surface area (Å²) in [6.07, 6.45) is 0. The first-order valence-electron chi connectivity index (χ1n) is 2.47. The molecule has 7 heavy (non-hydrogen) atoms. The summed E-state index contributed by atoms with van der Waals surface area (Å²) in [5, 5.41) is 8.39. The molecule has 0 saturated carbocycles. The maximum absolute atomic E-state index is 8.39. The molecule has 2 nitrogen and oxygen atoms in total. The van der Waals surface area contributed by atoms with Crippen LogP contribution in [0.15, 0.2) is 0 Å². The number of likely N-dealkylation sites (N-methyl/N-ethyl adjacent to an activating group) is 1. The number of hydrogen-bond donors (Lipinski definition) is 1. The Bertz CT molecular complexity index is 46.5. The zero-order valence-corrected chi connectivity index (χ0v) is 5.31. The number of aliphatic hydroxyl groups excluding tert-OH is 1. The minimum absolute atomic E-state index is 0.281. The van der Waals surface area contributed by atoms with Crippen molar-refractivity contribution in [2.24, 2.45) is 0 Å². The lowest BCUT2D eigenvalue weighted by atomic mass is 10.8. The molecular weight excluding hydrogens is 91.1 g/mol. The van der Waals surface area contributed by atoms with Gasteiger partial charge in [0.15, 0.2) is 0 Å². The lowest BCUT2D eigenvalue weighted by Crippen LogP contribution is -2.36. The highest BCUT2D eigenvalue weighted by atomic mass is 16.3. The average Bonchev–Trinajstić information content (AvgIpc) is 1.30. The molecule has 1 N–H and O–H groups in total. The van der Waals surface area contributed by atoms with E-state index in [1.165, 1.54) is 0 Å². The van der Waals surface area contributed by atoms with E-state index < -0.39 is 0 Å². The standard InChI is InChI=1S/C5H14NO/c1-6(2,3)4-5-7/h7H,4-5H2,1-3H3/q+1/i4+1. The van der Waals surface area contributed by atoms with Gasteiger partial charge < -0.3 is 9.59 Å². The second kappa shape index (κ2) is 2.28. The van der Waals surface area contributed by atoms with Crippen LogP contribution in [-0.4, -0.2) is 43.9 Å². The number of quaternary nitrogens is 1. The summed E-state index contributed by atoms with van der Waals surface area (Å²) in [7, 11) is 6.16. The molecule has 0 unspecified atom stereocenters. The van der Waals surface area contributed by atoms with Gasteiger partial charge >= 0.3 is 0 Å². The van der Waals surface area contributed by atoms with Gasteiger partial charge in [-0.15, -0.1) is 0 Å². The fourth-order valence-corrected chi connectivity index (χ4v) is 0.300. The molecule has 0 bridgehead atoms. The molecule has 0 amide bonds. The van der Waals surface area contributed by atoms with Gasteiger partial charge in [-0.05, 0) is 0 Å². The van der Waals surface area contributed by atoms with Crippen molar-refractivity contribution in [1.29, 1.82) is 0 Å². The van der Waals surface area contributed by atoms with E-state index in [4.69, 9.17) is 5.11 Å². The van der Waals surface area contributed by atoms with Crippen molar-refractivity contribution >= 4 is 0 Å². The van der Waals surface area contributed by atoms with Gasteiger partial charge in [-0.1, -0.05) is 0 Å². The zero-order valence-electron chi connectivity index (χ0n) is 5.31. The van der Waals surface area contributed by atoms with Crippen molar-refractivity contribution in [2.75, 3.05) is 34.3 Å². The van der Waals surface area contributed by atoms with E-state index in [0.717, 1.165) is 11.0 Å². The van der Waals surface area contributed by atoms with Crippen LogP contribution in [0.25, 0.3) is 0 Å². The number of hydrogen-bond acceptors (Lipinski definition) is 1. The molecule has 0 heterocycles. The molecule has 0 aliphatic heterocycles. The highest BCUT2D eigenvalue weighted by Crippen LogP contribution is 1.84. The highest BCUT2D eigenvalue weighted by molar-refractivity contribution is 4.19. The molecule has 0 atom stereocenters. The van der Waals surface area contributed by atoms with E-state index in [2.05, 4.69) is 21.1 Å². The van der Waals surface area contributed by atoms with Crippen molar-refractivity contribution in [3.05, 3.63) is 0 Å². The lowest BCUT2D eigenvalue weighted by Gasteiger charge is -2.21. The fraction of sp³-hybridized carbons (Fsp3) is 1.00. The molecule has 0 radical (unpaired) electrons. The van der Waals surface area contributed by atoms with Gasteiger partial charge in [0, 0.05) is 0 Å². The van der Waals surface area contributed by atoms with Crippen molar-refractivity contribution in [3.8, 4) is 0 Å². The molecule has 2 heteroatoms. The minimum Gasteiger partial charge on any atom is -0.391 e. The Labute approximate surface area is 45.0 Å². The van der Waals surface area contributed by atoms with Gasteiger partial charge in [-0.3, -0.25) is 0 Å². The Morgan fingerprint density at radius 3 is 1.71 bits per heavy atom. The molecule has 0 aliphatic carbocycles. The SMILES string of the molecule is C[N+](C)(C)[13CH2]CO. The molecule has 0 saturated heterocycles. The van der Waals surface area contributed by atoms with Crippen LogP contribution in [0, 0.1) is 0 Å². The lowest BCUT2D eigenvalue weighted by molar-refractivity contribution is -0.870. The Morgan fingerprint density at radius 1 is 1.29 bits per heavy atom. The monoisotopic (exact) mass is 105 g/mol. The van der Waals surface area contributed by atoms with Crippen LogP contribution >= 0.6 is 0 Å². The van der Waals surface area contributed by atoms with Crippen molar-refractivity contribution in [1.82, 2.24) is 0 Å². The van der Waals surface area contributed by atoms with Crippen LogP contribution in [0.5, 0.6) is 0 Å². The number of rotatable bonds is 2. The molecule has 0 spiro atoms. The number of aliphatic hydroxyl groups is 1. The van der Waals surface area contributed by atoms with Gasteiger partial charge in [-0.25, -0.2) is 0 Å². The van der Waals surface area contributed by atoms with E-state index >= 15 is 0 Å². The molecular formula is C5H14NO+. The van der Waals surface area contributed by atoms with Crippen molar-refractivity contribution < 1.29 is 9.59 Å². The Kier molecular flexibility index (Phi) is 2.26. The van der Waals surface area contributed by atoms with E-state index in [0.29, 0.717) is 0 Å². The van der Waals surface area contributed by atoms with Gasteiger partial charge in [0.25, 0.3) is 0 Å². The van der Waals surface area contributed by atoms with E-state index in [1.807, 2.05) is 0 Å². The fourth-order valence-electron chi connectivity index (χ4n) is 0.300. The van der Waals surface area contributed by atoms with Crippen molar-refractivity contribution in [3.63, 3.8) is 0 Å². The average molecular weight is 105 g/mol. The predicted molar refractivity (Wildman–Crippen MR) is 30.0 cm³/mol. The Morgan fingerprint density at radius 2 is 1.71 bits per heavy atom. The molecule has 44 valence electrons. The summed E-state index contributed by atoms with van der Waals surface area (Å²) in [6, 6.07) is 0. The topological polar surface area (TPSA) is 20.2 Å². The van der Waals surface area contributed by atoms with Crippen LogP contribution < -0.4 is 0 Å². The first-order valence-corrected chi connectivity index (χ1v) is 2.47. The summed E-state index contributed by atoms with van der Waals surface area (Å²) in [6.45, 7) is 1.11. The smallest absolute Gasteiger partial charge is 0.101 e. The maximum atomic E-state index is 8.39. The van der Waals surface area contributed by atoms with E-state index in [9.17, 15) is 0 Å². The predicted octanol–water partition coefficient (Wildman–Crippen LogP) is -0.315. The van der Waals surface area contributed by atoms with Gasteiger partial charge in [0.05, 0.1) is 27.7 Å². The second-order valence-corrected chi connectivity index (χ2v) is 2.74. The van der Waals surface area contributed by atoms with Gasteiger partial charge in [-0.2, -0.15) is 0 Å². The Balaban J connectivity index is 3.15. The summed E-state index contributed by atoms with van der Waals surface area (Å²) in [4.78, 5) is 0. The zero-order chi connectivity index (χ0) is 5.91. The molecule has 0 aromatic carbocycles. The summed E-state index contributed by atoms with van der Waals surface area (Å²) in [5.74, 6) is 0. The minimum atomic E-state index is 0.281. The molecule has 0 rings (SSSR count). The number of nitrogens with zero attached hydrogens (tertiary/aromatic N) is 1. The molecule has 0 fully saturated rings. The maximum Gasteiger partial charge on any atom is 0.101 e.